The Morgan fingerprint density at radius 3 is 1.64 bits per heavy atom. The Morgan fingerprint density at radius 2 is 1.02 bits per heavy atom. The molecule has 0 unspecified atom stereocenters. The summed E-state index contributed by atoms with van der Waals surface area (Å²) in [6, 6.07) is 52.0. The second-order valence-corrected chi connectivity index (χ2v) is 11.6. The summed E-state index contributed by atoms with van der Waals surface area (Å²) in [5.41, 5.74) is 12.6. The van der Waals surface area contributed by atoms with E-state index in [2.05, 4.69) is 109 Å². The van der Waals surface area contributed by atoms with Crippen LogP contribution in [0.1, 0.15) is 18.9 Å². The highest BCUT2D eigenvalue weighted by Gasteiger charge is 2.17. The van der Waals surface area contributed by atoms with Crippen LogP contribution in [0.4, 0.5) is 17.1 Å². The molecule has 0 aliphatic heterocycles. The van der Waals surface area contributed by atoms with Crippen molar-refractivity contribution in [3.8, 4) is 34.0 Å². The van der Waals surface area contributed by atoms with Crippen molar-refractivity contribution in [2.45, 2.75) is 19.8 Å². The molecule has 6 aromatic carbocycles. The predicted molar refractivity (Wildman–Crippen MR) is 192 cm³/mol. The fourth-order valence-electron chi connectivity index (χ4n) is 6.08. The van der Waals surface area contributed by atoms with E-state index in [0.717, 1.165) is 80.1 Å². The molecular weight excluding hydrogens is 576 g/mol. The lowest BCUT2D eigenvalue weighted by molar-refractivity contribution is 0.620. The summed E-state index contributed by atoms with van der Waals surface area (Å²) in [6.07, 6.45) is 2.14. The van der Waals surface area contributed by atoms with Crippen molar-refractivity contribution in [2.75, 3.05) is 4.90 Å². The molecule has 5 heteroatoms. The standard InChI is InChI=1S/C42H32N4O/c1-2-11-29-18-27-39-38(28-29)45-42(47-39)32-21-25-35(26-22-32)46(33-14-7-4-8-15-33)34-23-19-31(20-24-34)41-40(30-12-5-3-6-13-30)43-36-16-9-10-17-37(36)44-41/h3-10,12-28H,2,11H2,1H3. The second-order valence-electron chi connectivity index (χ2n) is 11.6. The topological polar surface area (TPSA) is 55.1 Å². The van der Waals surface area contributed by atoms with Crippen molar-refractivity contribution in [3.05, 3.63) is 157 Å². The third-order valence-electron chi connectivity index (χ3n) is 8.39. The zero-order valence-electron chi connectivity index (χ0n) is 26.0. The van der Waals surface area contributed by atoms with E-state index in [-0.39, 0.29) is 0 Å². The summed E-state index contributed by atoms with van der Waals surface area (Å²) >= 11 is 0. The minimum atomic E-state index is 0.626. The van der Waals surface area contributed by atoms with Gasteiger partial charge in [-0.2, -0.15) is 0 Å². The molecule has 0 aliphatic rings. The molecular formula is C42H32N4O. The molecule has 0 amide bonds. The Bertz CT molecular complexity index is 2300. The molecule has 8 rings (SSSR count). The fraction of sp³-hybridized carbons (Fsp3) is 0.0714. The lowest BCUT2D eigenvalue weighted by Gasteiger charge is -2.25. The van der Waals surface area contributed by atoms with Gasteiger partial charge in [0.15, 0.2) is 5.58 Å². The third kappa shape index (κ3) is 5.64. The lowest BCUT2D eigenvalue weighted by atomic mass is 10.0. The number of benzene rings is 6. The number of para-hydroxylation sites is 3. The van der Waals surface area contributed by atoms with E-state index in [1.54, 1.807) is 0 Å². The van der Waals surface area contributed by atoms with Gasteiger partial charge in [-0.25, -0.2) is 15.0 Å². The van der Waals surface area contributed by atoms with E-state index in [1.165, 1.54) is 5.56 Å². The molecule has 0 spiro atoms. The van der Waals surface area contributed by atoms with Crippen LogP contribution in [0, 0.1) is 0 Å². The van der Waals surface area contributed by atoms with Crippen LogP contribution < -0.4 is 4.90 Å². The fourth-order valence-corrected chi connectivity index (χ4v) is 6.08. The molecule has 0 fully saturated rings. The number of aryl methyl sites for hydroxylation is 1. The lowest BCUT2D eigenvalue weighted by Crippen LogP contribution is -2.09. The van der Waals surface area contributed by atoms with Gasteiger partial charge in [0, 0.05) is 33.8 Å². The Kier molecular flexibility index (Phi) is 7.48. The molecule has 8 aromatic rings. The maximum absolute atomic E-state index is 6.14. The molecule has 0 atom stereocenters. The normalized spacial score (nSPS) is 11.3. The summed E-state index contributed by atoms with van der Waals surface area (Å²) in [5.74, 6) is 0.626. The van der Waals surface area contributed by atoms with E-state index in [0.29, 0.717) is 5.89 Å². The Hall–Kier alpha value is -6.07. The van der Waals surface area contributed by atoms with Crippen molar-refractivity contribution in [3.63, 3.8) is 0 Å². The first-order valence-corrected chi connectivity index (χ1v) is 16.0. The average molecular weight is 609 g/mol. The van der Waals surface area contributed by atoms with Crippen LogP contribution in [0.3, 0.4) is 0 Å². The van der Waals surface area contributed by atoms with Crippen LogP contribution in [0.25, 0.3) is 56.1 Å². The number of oxazole rings is 1. The highest BCUT2D eigenvalue weighted by Crippen LogP contribution is 2.38. The monoisotopic (exact) mass is 608 g/mol. The predicted octanol–water partition coefficient (Wildman–Crippen LogP) is 11.2. The van der Waals surface area contributed by atoms with Crippen LogP contribution in [-0.4, -0.2) is 15.0 Å². The molecule has 226 valence electrons. The molecule has 5 nitrogen and oxygen atoms in total. The minimum absolute atomic E-state index is 0.626. The van der Waals surface area contributed by atoms with E-state index in [1.807, 2.05) is 54.6 Å². The molecule has 0 radical (unpaired) electrons. The van der Waals surface area contributed by atoms with Crippen LogP contribution >= 0.6 is 0 Å². The molecule has 2 heterocycles. The number of fused-ring (bicyclic) bond motifs is 2. The average Bonchev–Trinajstić information content (AvgIpc) is 3.56. The van der Waals surface area contributed by atoms with E-state index in [9.17, 15) is 0 Å². The van der Waals surface area contributed by atoms with Crippen LogP contribution in [-0.2, 0) is 6.42 Å². The second kappa shape index (κ2) is 12.4. The van der Waals surface area contributed by atoms with Gasteiger partial charge >= 0.3 is 0 Å². The van der Waals surface area contributed by atoms with Gasteiger partial charge in [0.05, 0.1) is 22.4 Å². The van der Waals surface area contributed by atoms with Gasteiger partial charge in [0.2, 0.25) is 5.89 Å². The first-order valence-electron chi connectivity index (χ1n) is 16.0. The van der Waals surface area contributed by atoms with Gasteiger partial charge in [-0.3, -0.25) is 0 Å². The van der Waals surface area contributed by atoms with Gasteiger partial charge in [-0.05, 0) is 84.8 Å². The number of nitrogens with zero attached hydrogens (tertiary/aromatic N) is 4. The summed E-state index contributed by atoms with van der Waals surface area (Å²) in [6.45, 7) is 2.19. The Balaban J connectivity index is 1.16. The molecule has 47 heavy (non-hydrogen) atoms. The number of anilines is 3. The van der Waals surface area contributed by atoms with Gasteiger partial charge < -0.3 is 9.32 Å². The number of rotatable bonds is 8. The summed E-state index contributed by atoms with van der Waals surface area (Å²) in [4.78, 5) is 17.2. The third-order valence-corrected chi connectivity index (χ3v) is 8.39. The van der Waals surface area contributed by atoms with E-state index in [4.69, 9.17) is 19.4 Å². The summed E-state index contributed by atoms with van der Waals surface area (Å²) < 4.78 is 6.14. The van der Waals surface area contributed by atoms with Crippen LogP contribution in [0.2, 0.25) is 0 Å². The highest BCUT2D eigenvalue weighted by atomic mass is 16.3. The highest BCUT2D eigenvalue weighted by molar-refractivity contribution is 5.87. The molecule has 0 N–H and O–H groups in total. The number of aromatic nitrogens is 3. The van der Waals surface area contributed by atoms with Gasteiger partial charge in [-0.1, -0.05) is 92.2 Å². The molecule has 0 saturated heterocycles. The van der Waals surface area contributed by atoms with Crippen molar-refractivity contribution in [2.24, 2.45) is 0 Å². The van der Waals surface area contributed by atoms with Gasteiger partial charge in [0.25, 0.3) is 0 Å². The van der Waals surface area contributed by atoms with Gasteiger partial charge in [-0.15, -0.1) is 0 Å². The largest absolute Gasteiger partial charge is 0.436 e. The van der Waals surface area contributed by atoms with Crippen LogP contribution in [0.15, 0.2) is 156 Å². The van der Waals surface area contributed by atoms with E-state index < -0.39 is 0 Å². The summed E-state index contributed by atoms with van der Waals surface area (Å²) in [5, 5.41) is 0. The number of hydrogen-bond acceptors (Lipinski definition) is 5. The van der Waals surface area contributed by atoms with Crippen molar-refractivity contribution in [1.82, 2.24) is 15.0 Å². The summed E-state index contributed by atoms with van der Waals surface area (Å²) in [7, 11) is 0. The molecule has 0 bridgehead atoms. The first kappa shape index (κ1) is 28.4. The molecule has 0 aliphatic carbocycles. The Labute approximate surface area is 273 Å². The van der Waals surface area contributed by atoms with Gasteiger partial charge in [0.1, 0.15) is 5.52 Å². The minimum Gasteiger partial charge on any atom is -0.436 e. The zero-order chi connectivity index (χ0) is 31.6. The van der Waals surface area contributed by atoms with E-state index >= 15 is 0 Å². The quantitative estimate of drug-likeness (QED) is 0.172. The molecule has 2 aromatic heterocycles. The smallest absolute Gasteiger partial charge is 0.227 e. The molecule has 0 saturated carbocycles. The van der Waals surface area contributed by atoms with Crippen molar-refractivity contribution < 1.29 is 4.42 Å². The zero-order valence-corrected chi connectivity index (χ0v) is 26.0. The maximum Gasteiger partial charge on any atom is 0.227 e. The Morgan fingerprint density at radius 1 is 0.489 bits per heavy atom. The first-order chi connectivity index (χ1) is 23.2. The number of hydrogen-bond donors (Lipinski definition) is 0. The van der Waals surface area contributed by atoms with Crippen molar-refractivity contribution in [1.29, 1.82) is 0 Å². The SMILES string of the molecule is CCCc1ccc2oc(-c3ccc(N(c4ccccc4)c4ccc(-c5nc6ccccc6nc5-c5ccccc5)cc4)cc3)nc2c1. The van der Waals surface area contributed by atoms with Crippen molar-refractivity contribution >= 4 is 39.2 Å². The van der Waals surface area contributed by atoms with Crippen LogP contribution in [0.5, 0.6) is 0 Å². The maximum atomic E-state index is 6.14.